The van der Waals surface area contributed by atoms with Gasteiger partial charge in [-0.15, -0.1) is 0 Å². The van der Waals surface area contributed by atoms with Crippen LogP contribution < -0.4 is 0 Å². The lowest BCUT2D eigenvalue weighted by Crippen LogP contribution is -2.08. The van der Waals surface area contributed by atoms with Gasteiger partial charge in [0.1, 0.15) is 0 Å². The molecule has 1 aliphatic rings. The summed E-state index contributed by atoms with van der Waals surface area (Å²) in [7, 11) is 0. The maximum Gasteiger partial charge on any atom is 0.313 e. The molecule has 1 aliphatic heterocycles. The van der Waals surface area contributed by atoms with Crippen molar-refractivity contribution in [3.05, 3.63) is 12.5 Å². The van der Waals surface area contributed by atoms with Gasteiger partial charge in [0.15, 0.2) is 0 Å². The van der Waals surface area contributed by atoms with E-state index in [0.717, 1.165) is 25.7 Å². The quantitative estimate of drug-likeness (QED) is 0.521. The minimum absolute atomic E-state index is 0.141. The molecule has 0 unspecified atom stereocenters. The van der Waals surface area contributed by atoms with Crippen molar-refractivity contribution in [3.63, 3.8) is 0 Å². The molecule has 1 saturated heterocycles. The summed E-state index contributed by atoms with van der Waals surface area (Å²) >= 11 is 0. The first kappa shape index (κ1) is 9.10. The van der Waals surface area contributed by atoms with E-state index in [-0.39, 0.29) is 11.9 Å². The Kier molecular flexibility index (Phi) is 3.64. The third kappa shape index (κ3) is 3.42. The molecule has 0 aromatic carbocycles. The number of hydrogen-bond acceptors (Lipinski definition) is 3. The van der Waals surface area contributed by atoms with Gasteiger partial charge >= 0.3 is 5.97 Å². The van der Waals surface area contributed by atoms with E-state index in [1.165, 1.54) is 0 Å². The molecule has 0 aromatic heterocycles. The summed E-state index contributed by atoms with van der Waals surface area (Å²) in [6.07, 6.45) is 4.58. The van der Waals surface area contributed by atoms with Crippen molar-refractivity contribution in [1.82, 2.24) is 0 Å². The molecule has 0 N–H and O–H groups in total. The molecule has 3 nitrogen and oxygen atoms in total. The molecule has 0 aliphatic carbocycles. The third-order valence-corrected chi connectivity index (χ3v) is 1.77. The molecule has 0 atom stereocenters. The molecule has 3 heteroatoms. The molecule has 68 valence electrons. The second-order valence-electron chi connectivity index (χ2n) is 2.86. The largest absolute Gasteiger partial charge is 0.466 e. The van der Waals surface area contributed by atoms with Crippen LogP contribution in [0.15, 0.2) is 12.5 Å². The van der Waals surface area contributed by atoms with Gasteiger partial charge in [0.25, 0.3) is 5.95 Å². The highest BCUT2D eigenvalue weighted by Gasteiger charge is 2.07. The Morgan fingerprint density at radius 2 is 1.92 bits per heavy atom. The van der Waals surface area contributed by atoms with Crippen LogP contribution in [-0.4, -0.2) is 12.6 Å². The van der Waals surface area contributed by atoms with Crippen LogP contribution in [0.4, 0.5) is 0 Å². The molecule has 0 aromatic rings. The number of rotatable bonds is 0. The second-order valence-corrected chi connectivity index (χ2v) is 2.86. The molecule has 1 fully saturated rings. The zero-order valence-electron chi connectivity index (χ0n) is 7.17. The zero-order chi connectivity index (χ0) is 8.81. The third-order valence-electron chi connectivity index (χ3n) is 1.77. The average molecular weight is 170 g/mol. The Morgan fingerprint density at radius 3 is 2.75 bits per heavy atom. The van der Waals surface area contributed by atoms with Gasteiger partial charge < -0.3 is 9.47 Å². The maximum absolute atomic E-state index is 10.9. The predicted molar refractivity (Wildman–Crippen MR) is 44.3 cm³/mol. The molecule has 0 amide bonds. The van der Waals surface area contributed by atoms with E-state index in [4.69, 9.17) is 9.47 Å². The minimum Gasteiger partial charge on any atom is -0.466 e. The van der Waals surface area contributed by atoms with E-state index < -0.39 is 0 Å². The highest BCUT2D eigenvalue weighted by Crippen LogP contribution is 2.10. The summed E-state index contributed by atoms with van der Waals surface area (Å²) in [5, 5.41) is 0. The first-order valence-electron chi connectivity index (χ1n) is 4.31. The molecular formula is C9H14O3. The number of carbonyl (C=O) groups is 1. The van der Waals surface area contributed by atoms with E-state index >= 15 is 0 Å². The van der Waals surface area contributed by atoms with Gasteiger partial charge in [0.2, 0.25) is 0 Å². The van der Waals surface area contributed by atoms with Crippen molar-refractivity contribution in [2.45, 2.75) is 32.1 Å². The van der Waals surface area contributed by atoms with Gasteiger partial charge in [-0.05, 0) is 19.4 Å². The van der Waals surface area contributed by atoms with E-state index in [9.17, 15) is 4.79 Å². The highest BCUT2D eigenvalue weighted by molar-refractivity contribution is 5.70. The van der Waals surface area contributed by atoms with Crippen molar-refractivity contribution in [2.75, 3.05) is 6.61 Å². The van der Waals surface area contributed by atoms with E-state index in [1.54, 1.807) is 0 Å². The lowest BCUT2D eigenvalue weighted by atomic mass is 10.1. The average Bonchev–Trinajstić information content (AvgIpc) is 2.02. The molecule has 0 bridgehead atoms. The topological polar surface area (TPSA) is 35.5 Å². The summed E-state index contributed by atoms with van der Waals surface area (Å²) in [6, 6.07) is 0. The summed E-state index contributed by atoms with van der Waals surface area (Å²) in [4.78, 5) is 10.9. The van der Waals surface area contributed by atoms with Crippen LogP contribution in [0, 0.1) is 0 Å². The lowest BCUT2D eigenvalue weighted by molar-refractivity contribution is -0.145. The normalized spacial score (nSPS) is 21.0. The highest BCUT2D eigenvalue weighted by atomic mass is 16.7. The fourth-order valence-electron chi connectivity index (χ4n) is 1.12. The van der Waals surface area contributed by atoms with Crippen LogP contribution in [-0.2, 0) is 14.3 Å². The van der Waals surface area contributed by atoms with Gasteiger partial charge in [-0.1, -0.05) is 12.8 Å². The Morgan fingerprint density at radius 1 is 1.17 bits per heavy atom. The summed E-state index contributed by atoms with van der Waals surface area (Å²) in [6.45, 7) is 4.08. The van der Waals surface area contributed by atoms with E-state index in [1.807, 2.05) is 0 Å². The first-order valence-corrected chi connectivity index (χ1v) is 4.31. The van der Waals surface area contributed by atoms with Crippen molar-refractivity contribution in [1.29, 1.82) is 0 Å². The van der Waals surface area contributed by atoms with Crippen LogP contribution >= 0.6 is 0 Å². The molecular weight excluding hydrogens is 156 g/mol. The Balaban J connectivity index is 2.34. The maximum atomic E-state index is 10.9. The number of ether oxygens (including phenoxy) is 2. The van der Waals surface area contributed by atoms with Gasteiger partial charge in [-0.2, -0.15) is 0 Å². The van der Waals surface area contributed by atoms with Crippen molar-refractivity contribution in [2.24, 2.45) is 0 Å². The second kappa shape index (κ2) is 4.80. The van der Waals surface area contributed by atoms with Crippen molar-refractivity contribution < 1.29 is 14.3 Å². The van der Waals surface area contributed by atoms with Gasteiger partial charge in [0.05, 0.1) is 6.61 Å². The molecule has 0 saturated carbocycles. The summed E-state index contributed by atoms with van der Waals surface area (Å²) in [5.74, 6) is -0.0937. The molecule has 0 radical (unpaired) electrons. The Bertz CT molecular complexity index is 157. The van der Waals surface area contributed by atoms with Gasteiger partial charge in [0, 0.05) is 6.42 Å². The number of esters is 1. The van der Waals surface area contributed by atoms with Crippen LogP contribution in [0.25, 0.3) is 0 Å². The fraction of sp³-hybridized carbons (Fsp3) is 0.667. The number of carbonyl (C=O) groups excluding carboxylic acids is 1. The number of hydrogen-bond donors (Lipinski definition) is 0. The Hall–Kier alpha value is -0.990. The Labute approximate surface area is 72.4 Å². The molecule has 12 heavy (non-hydrogen) atoms. The van der Waals surface area contributed by atoms with Crippen LogP contribution in [0.5, 0.6) is 0 Å². The minimum atomic E-state index is -0.234. The molecule has 1 heterocycles. The lowest BCUT2D eigenvalue weighted by Gasteiger charge is -2.11. The van der Waals surface area contributed by atoms with Crippen LogP contribution in [0.1, 0.15) is 32.1 Å². The van der Waals surface area contributed by atoms with Gasteiger partial charge in [-0.25, -0.2) is 0 Å². The monoisotopic (exact) mass is 170 g/mol. The first-order chi connectivity index (χ1) is 5.79. The summed E-state index contributed by atoms with van der Waals surface area (Å²) in [5.41, 5.74) is 0. The van der Waals surface area contributed by atoms with Crippen LogP contribution in [0.2, 0.25) is 0 Å². The van der Waals surface area contributed by atoms with Crippen LogP contribution in [0.3, 0.4) is 0 Å². The standard InChI is InChI=1S/C9H14O3/c1-8-11-7-5-3-2-4-6-9(10)12-8/h1-7H2. The zero-order valence-corrected chi connectivity index (χ0v) is 7.17. The smallest absolute Gasteiger partial charge is 0.313 e. The van der Waals surface area contributed by atoms with Crippen molar-refractivity contribution >= 4 is 5.97 Å². The predicted octanol–water partition coefficient (Wildman–Crippen LogP) is 1.98. The fourth-order valence-corrected chi connectivity index (χ4v) is 1.12. The van der Waals surface area contributed by atoms with E-state index in [2.05, 4.69) is 6.58 Å². The van der Waals surface area contributed by atoms with Crippen molar-refractivity contribution in [3.8, 4) is 0 Å². The molecule has 0 spiro atoms. The number of cyclic esters (lactones) is 1. The van der Waals surface area contributed by atoms with Gasteiger partial charge in [-0.3, -0.25) is 4.79 Å². The van der Waals surface area contributed by atoms with E-state index in [0.29, 0.717) is 13.0 Å². The molecule has 1 rings (SSSR count). The summed E-state index contributed by atoms with van der Waals surface area (Å²) < 4.78 is 9.82. The SMILES string of the molecule is C=C1OCCCCCCC(=O)O1.